The van der Waals surface area contributed by atoms with E-state index in [1.165, 1.54) is 0 Å². The molecule has 0 spiro atoms. The van der Waals surface area contributed by atoms with Gasteiger partial charge in [0.1, 0.15) is 11.7 Å². The average molecular weight is 344 g/mol. The number of amidine groups is 2. The molecule has 0 aliphatic rings. The number of hydrogen-bond acceptors (Lipinski definition) is 4. The lowest BCUT2D eigenvalue weighted by Crippen LogP contribution is -2.11. The number of hydrogen-bond donors (Lipinski definition) is 4. The number of nitrogen functional groups attached to an aromatic ring is 2. The quantitative estimate of drug-likeness (QED) is 0.429. The first-order valence-corrected chi connectivity index (χ1v) is 8.09. The van der Waals surface area contributed by atoms with Gasteiger partial charge in [-0.1, -0.05) is 24.3 Å². The standard InChI is InChI=1S/C20H20N6/c1-11-7-13(19(21)22)3-5-15(11)17-9-25-10-18(26-17)16-6-4-14(20(23)24)8-12(16)2/h3-10H,1-2H3,(H3,21,22)(H3,23,24). The van der Waals surface area contributed by atoms with Crippen molar-refractivity contribution in [2.45, 2.75) is 13.8 Å². The maximum atomic E-state index is 7.55. The minimum absolute atomic E-state index is 0.0423. The zero-order valence-corrected chi connectivity index (χ0v) is 14.7. The van der Waals surface area contributed by atoms with E-state index in [0.717, 1.165) is 33.6 Å². The number of nitrogens with zero attached hydrogens (tertiary/aromatic N) is 2. The second-order valence-electron chi connectivity index (χ2n) is 6.18. The molecule has 1 aromatic heterocycles. The van der Waals surface area contributed by atoms with Crippen molar-refractivity contribution in [2.75, 3.05) is 0 Å². The monoisotopic (exact) mass is 344 g/mol. The van der Waals surface area contributed by atoms with Crippen molar-refractivity contribution < 1.29 is 0 Å². The van der Waals surface area contributed by atoms with Gasteiger partial charge in [-0.3, -0.25) is 15.8 Å². The molecule has 0 radical (unpaired) electrons. The summed E-state index contributed by atoms with van der Waals surface area (Å²) in [5.74, 6) is 0.0846. The summed E-state index contributed by atoms with van der Waals surface area (Å²) in [6.45, 7) is 3.92. The number of rotatable bonds is 4. The fraction of sp³-hybridized carbons (Fsp3) is 0.100. The van der Waals surface area contributed by atoms with Gasteiger partial charge < -0.3 is 11.5 Å². The molecule has 0 fully saturated rings. The maximum Gasteiger partial charge on any atom is 0.122 e. The molecule has 0 unspecified atom stereocenters. The van der Waals surface area contributed by atoms with Crippen LogP contribution in [0, 0.1) is 24.7 Å². The van der Waals surface area contributed by atoms with Gasteiger partial charge in [0, 0.05) is 22.3 Å². The SMILES string of the molecule is Cc1cc(C(=N)N)ccc1-c1cncc(-c2ccc(C(=N)N)cc2C)n1. The third-order valence-electron chi connectivity index (χ3n) is 4.26. The van der Waals surface area contributed by atoms with Crippen molar-refractivity contribution in [3.63, 3.8) is 0 Å². The molecule has 0 amide bonds. The Morgan fingerprint density at radius 2 is 1.19 bits per heavy atom. The third-order valence-corrected chi connectivity index (χ3v) is 4.26. The van der Waals surface area contributed by atoms with Gasteiger partial charge in [0.05, 0.1) is 23.8 Å². The molecule has 3 aromatic rings. The predicted octanol–water partition coefficient (Wildman–Crippen LogP) is 3.00. The van der Waals surface area contributed by atoms with Crippen LogP contribution in [0.25, 0.3) is 22.5 Å². The van der Waals surface area contributed by atoms with E-state index in [0.29, 0.717) is 11.1 Å². The molecule has 2 aromatic carbocycles. The first-order valence-electron chi connectivity index (χ1n) is 8.09. The van der Waals surface area contributed by atoms with Crippen LogP contribution in [-0.4, -0.2) is 21.6 Å². The highest BCUT2D eigenvalue weighted by Crippen LogP contribution is 2.27. The number of aryl methyl sites for hydroxylation is 2. The molecule has 0 atom stereocenters. The van der Waals surface area contributed by atoms with E-state index in [1.807, 2.05) is 50.2 Å². The first kappa shape index (κ1) is 17.3. The highest BCUT2D eigenvalue weighted by atomic mass is 14.8. The second kappa shape index (κ2) is 6.76. The Morgan fingerprint density at radius 3 is 1.54 bits per heavy atom. The molecule has 3 rings (SSSR count). The molecule has 0 aliphatic carbocycles. The summed E-state index contributed by atoms with van der Waals surface area (Å²) in [6.07, 6.45) is 3.44. The van der Waals surface area contributed by atoms with Gasteiger partial charge >= 0.3 is 0 Å². The van der Waals surface area contributed by atoms with E-state index in [9.17, 15) is 0 Å². The Kier molecular flexibility index (Phi) is 4.49. The highest BCUT2D eigenvalue weighted by Gasteiger charge is 2.10. The van der Waals surface area contributed by atoms with Crippen molar-refractivity contribution in [2.24, 2.45) is 11.5 Å². The maximum absolute atomic E-state index is 7.55. The zero-order valence-electron chi connectivity index (χ0n) is 14.7. The smallest absolute Gasteiger partial charge is 0.122 e. The molecule has 0 aliphatic heterocycles. The fourth-order valence-corrected chi connectivity index (χ4v) is 2.86. The van der Waals surface area contributed by atoms with Crippen LogP contribution in [0.1, 0.15) is 22.3 Å². The van der Waals surface area contributed by atoms with Crippen LogP contribution in [0.15, 0.2) is 48.8 Å². The summed E-state index contributed by atoms with van der Waals surface area (Å²) in [6, 6.07) is 11.2. The van der Waals surface area contributed by atoms with Crippen LogP contribution in [0.4, 0.5) is 0 Å². The molecule has 6 nitrogen and oxygen atoms in total. The van der Waals surface area contributed by atoms with E-state index in [2.05, 4.69) is 4.98 Å². The summed E-state index contributed by atoms with van der Waals surface area (Å²) in [5, 5.41) is 15.1. The van der Waals surface area contributed by atoms with Crippen LogP contribution in [0.5, 0.6) is 0 Å². The molecular formula is C20H20N6. The summed E-state index contributed by atoms with van der Waals surface area (Å²) in [4.78, 5) is 9.09. The van der Waals surface area contributed by atoms with Crippen LogP contribution < -0.4 is 11.5 Å². The molecule has 26 heavy (non-hydrogen) atoms. The van der Waals surface area contributed by atoms with E-state index >= 15 is 0 Å². The number of nitrogens with one attached hydrogen (secondary N) is 2. The summed E-state index contributed by atoms with van der Waals surface area (Å²) in [7, 11) is 0. The van der Waals surface area contributed by atoms with Gasteiger partial charge in [-0.2, -0.15) is 0 Å². The second-order valence-corrected chi connectivity index (χ2v) is 6.18. The van der Waals surface area contributed by atoms with Gasteiger partial charge in [0.25, 0.3) is 0 Å². The third kappa shape index (κ3) is 3.30. The summed E-state index contributed by atoms with van der Waals surface area (Å²) < 4.78 is 0. The van der Waals surface area contributed by atoms with E-state index in [1.54, 1.807) is 12.4 Å². The number of nitrogens with two attached hydrogens (primary N) is 2. The van der Waals surface area contributed by atoms with Gasteiger partial charge in [0.15, 0.2) is 0 Å². The van der Waals surface area contributed by atoms with E-state index in [4.69, 9.17) is 27.3 Å². The van der Waals surface area contributed by atoms with Crippen LogP contribution in [0.2, 0.25) is 0 Å². The lowest BCUT2D eigenvalue weighted by molar-refractivity contribution is 1.19. The van der Waals surface area contributed by atoms with Gasteiger partial charge in [-0.05, 0) is 37.1 Å². The Morgan fingerprint density at radius 1 is 0.769 bits per heavy atom. The Labute approximate surface area is 151 Å². The lowest BCUT2D eigenvalue weighted by Gasteiger charge is -2.11. The van der Waals surface area contributed by atoms with E-state index in [-0.39, 0.29) is 11.7 Å². The Hall–Kier alpha value is -3.54. The fourth-order valence-electron chi connectivity index (χ4n) is 2.86. The molecular weight excluding hydrogens is 324 g/mol. The molecule has 1 heterocycles. The number of aromatic nitrogens is 2. The normalized spacial score (nSPS) is 10.5. The minimum Gasteiger partial charge on any atom is -0.384 e. The topological polar surface area (TPSA) is 126 Å². The molecule has 0 saturated carbocycles. The highest BCUT2D eigenvalue weighted by molar-refractivity contribution is 5.96. The van der Waals surface area contributed by atoms with Crippen molar-refractivity contribution in [1.82, 2.24) is 9.97 Å². The van der Waals surface area contributed by atoms with Crippen molar-refractivity contribution in [3.8, 4) is 22.5 Å². The van der Waals surface area contributed by atoms with Crippen molar-refractivity contribution in [1.29, 1.82) is 10.8 Å². The first-order chi connectivity index (χ1) is 12.4. The molecule has 0 saturated heterocycles. The van der Waals surface area contributed by atoms with Crippen LogP contribution in [0.3, 0.4) is 0 Å². The van der Waals surface area contributed by atoms with E-state index < -0.39 is 0 Å². The van der Waals surface area contributed by atoms with Crippen molar-refractivity contribution >= 4 is 11.7 Å². The Balaban J connectivity index is 2.04. The average Bonchev–Trinajstić information content (AvgIpc) is 2.61. The van der Waals surface area contributed by atoms with Gasteiger partial charge in [0.2, 0.25) is 0 Å². The molecule has 0 bridgehead atoms. The minimum atomic E-state index is 0.0423. The molecule has 6 N–H and O–H groups in total. The van der Waals surface area contributed by atoms with Crippen molar-refractivity contribution in [3.05, 3.63) is 71.0 Å². The Bertz CT molecular complexity index is 944. The van der Waals surface area contributed by atoms with Crippen LogP contribution in [-0.2, 0) is 0 Å². The summed E-state index contributed by atoms with van der Waals surface area (Å²) >= 11 is 0. The molecule has 6 heteroatoms. The lowest BCUT2D eigenvalue weighted by atomic mass is 10.0. The van der Waals surface area contributed by atoms with Gasteiger partial charge in [-0.15, -0.1) is 0 Å². The zero-order chi connectivity index (χ0) is 18.8. The summed E-state index contributed by atoms with van der Waals surface area (Å²) in [5.41, 5.74) is 17.8. The van der Waals surface area contributed by atoms with Gasteiger partial charge in [-0.25, -0.2) is 4.98 Å². The predicted molar refractivity (Wildman–Crippen MR) is 104 cm³/mol. The largest absolute Gasteiger partial charge is 0.384 e. The van der Waals surface area contributed by atoms with Crippen LogP contribution >= 0.6 is 0 Å². The molecule has 130 valence electrons. The number of benzene rings is 2.